The average molecular weight is 275 g/mol. The summed E-state index contributed by atoms with van der Waals surface area (Å²) in [5, 5.41) is 11.6. The van der Waals surface area contributed by atoms with Crippen LogP contribution >= 0.6 is 0 Å². The summed E-state index contributed by atoms with van der Waals surface area (Å²) in [5.41, 5.74) is 2.85. The van der Waals surface area contributed by atoms with Crippen molar-refractivity contribution in [2.75, 3.05) is 33.9 Å². The number of rotatable bonds is 7. The van der Waals surface area contributed by atoms with Gasteiger partial charge in [-0.2, -0.15) is 5.26 Å². The fourth-order valence-electron chi connectivity index (χ4n) is 1.88. The normalized spacial score (nSPS) is 10.3. The van der Waals surface area contributed by atoms with Crippen LogP contribution in [0.1, 0.15) is 16.7 Å². The molecule has 0 bridgehead atoms. The molecule has 0 saturated carbocycles. The molecule has 1 aromatic carbocycles. The minimum absolute atomic E-state index is 0.0177. The van der Waals surface area contributed by atoms with Crippen LogP contribution in [0.2, 0.25) is 0 Å². The molecule has 0 aliphatic heterocycles. The van der Waals surface area contributed by atoms with E-state index in [-0.39, 0.29) is 5.91 Å². The van der Waals surface area contributed by atoms with Crippen molar-refractivity contribution in [3.63, 3.8) is 0 Å². The Labute approximate surface area is 120 Å². The number of nitrogens with zero attached hydrogens (tertiary/aromatic N) is 2. The van der Waals surface area contributed by atoms with Gasteiger partial charge in [-0.3, -0.25) is 9.69 Å². The lowest BCUT2D eigenvalue weighted by Crippen LogP contribution is -2.36. The molecule has 0 fully saturated rings. The van der Waals surface area contributed by atoms with Crippen molar-refractivity contribution in [3.05, 3.63) is 34.9 Å². The molecule has 1 amide bonds. The van der Waals surface area contributed by atoms with E-state index in [1.807, 2.05) is 31.0 Å². The van der Waals surface area contributed by atoms with Crippen molar-refractivity contribution < 1.29 is 9.53 Å². The van der Waals surface area contributed by atoms with Crippen LogP contribution in [-0.2, 0) is 16.1 Å². The molecule has 5 heteroatoms. The van der Waals surface area contributed by atoms with Gasteiger partial charge in [0, 0.05) is 20.2 Å². The van der Waals surface area contributed by atoms with Gasteiger partial charge in [-0.1, -0.05) is 6.07 Å². The van der Waals surface area contributed by atoms with Gasteiger partial charge in [-0.05, 0) is 37.2 Å². The van der Waals surface area contributed by atoms with Crippen LogP contribution in [0.3, 0.4) is 0 Å². The standard InChI is InChI=1S/C15H21N3O2/c1-12-8-13(9-16)4-5-14(12)10-18(2)11-15(19)17-6-7-20-3/h4-5,8H,6-7,10-11H2,1-3H3,(H,17,19). The zero-order valence-corrected chi connectivity index (χ0v) is 12.3. The highest BCUT2D eigenvalue weighted by Gasteiger charge is 2.08. The zero-order chi connectivity index (χ0) is 15.0. The Morgan fingerprint density at radius 2 is 2.25 bits per heavy atom. The van der Waals surface area contributed by atoms with Crippen molar-refractivity contribution >= 4 is 5.91 Å². The monoisotopic (exact) mass is 275 g/mol. The van der Waals surface area contributed by atoms with Crippen LogP contribution < -0.4 is 5.32 Å². The molecule has 1 aromatic rings. The third-order valence-electron chi connectivity index (χ3n) is 2.95. The summed E-state index contributed by atoms with van der Waals surface area (Å²) in [4.78, 5) is 13.6. The van der Waals surface area contributed by atoms with Crippen molar-refractivity contribution in [1.29, 1.82) is 5.26 Å². The molecule has 0 radical (unpaired) electrons. The maximum absolute atomic E-state index is 11.7. The Bertz CT molecular complexity index is 494. The summed E-state index contributed by atoms with van der Waals surface area (Å²) in [7, 11) is 3.50. The molecule has 0 spiro atoms. The molecule has 0 aliphatic rings. The molecular formula is C15H21N3O2. The number of nitrogens with one attached hydrogen (secondary N) is 1. The third-order valence-corrected chi connectivity index (χ3v) is 2.95. The van der Waals surface area contributed by atoms with E-state index >= 15 is 0 Å². The Balaban J connectivity index is 2.48. The van der Waals surface area contributed by atoms with Crippen LogP contribution in [0.15, 0.2) is 18.2 Å². The van der Waals surface area contributed by atoms with Crippen LogP contribution in [-0.4, -0.2) is 44.7 Å². The van der Waals surface area contributed by atoms with E-state index in [0.717, 1.165) is 11.1 Å². The number of hydrogen-bond acceptors (Lipinski definition) is 4. The Hall–Kier alpha value is -1.90. The minimum Gasteiger partial charge on any atom is -0.383 e. The van der Waals surface area contributed by atoms with E-state index < -0.39 is 0 Å². The van der Waals surface area contributed by atoms with Gasteiger partial charge < -0.3 is 10.1 Å². The molecule has 0 aliphatic carbocycles. The highest BCUT2D eigenvalue weighted by molar-refractivity contribution is 5.77. The van der Waals surface area contributed by atoms with Gasteiger partial charge >= 0.3 is 0 Å². The summed E-state index contributed by atoms with van der Waals surface area (Å²) in [6.07, 6.45) is 0. The number of benzene rings is 1. The number of carbonyl (C=O) groups is 1. The van der Waals surface area contributed by atoms with E-state index in [2.05, 4.69) is 11.4 Å². The highest BCUT2D eigenvalue weighted by Crippen LogP contribution is 2.12. The van der Waals surface area contributed by atoms with Crippen molar-refractivity contribution in [2.24, 2.45) is 0 Å². The van der Waals surface area contributed by atoms with Crippen molar-refractivity contribution in [3.8, 4) is 6.07 Å². The largest absolute Gasteiger partial charge is 0.383 e. The predicted octanol–water partition coefficient (Wildman–Crippen LogP) is 1.06. The van der Waals surface area contributed by atoms with E-state index in [0.29, 0.717) is 31.8 Å². The molecule has 1 rings (SSSR count). The first-order valence-corrected chi connectivity index (χ1v) is 6.50. The Kier molecular flexibility index (Phi) is 6.71. The van der Waals surface area contributed by atoms with E-state index in [1.165, 1.54) is 0 Å². The minimum atomic E-state index is -0.0177. The van der Waals surface area contributed by atoms with Gasteiger partial charge in [0.15, 0.2) is 0 Å². The molecular weight excluding hydrogens is 254 g/mol. The molecule has 20 heavy (non-hydrogen) atoms. The Morgan fingerprint density at radius 1 is 1.50 bits per heavy atom. The van der Waals surface area contributed by atoms with E-state index in [9.17, 15) is 4.79 Å². The highest BCUT2D eigenvalue weighted by atomic mass is 16.5. The quantitative estimate of drug-likeness (QED) is 0.756. The molecule has 0 atom stereocenters. The summed E-state index contributed by atoms with van der Waals surface area (Å²) in [6.45, 7) is 4.03. The van der Waals surface area contributed by atoms with Crippen molar-refractivity contribution in [2.45, 2.75) is 13.5 Å². The summed E-state index contributed by atoms with van der Waals surface area (Å²) in [5.74, 6) is -0.0177. The topological polar surface area (TPSA) is 65.4 Å². The number of methoxy groups -OCH3 is 1. The first-order chi connectivity index (χ1) is 9.56. The molecule has 0 saturated heterocycles. The number of amides is 1. The summed E-state index contributed by atoms with van der Waals surface area (Å²) in [6, 6.07) is 7.72. The fraction of sp³-hybridized carbons (Fsp3) is 0.467. The van der Waals surface area contributed by atoms with Crippen LogP contribution in [0, 0.1) is 18.3 Å². The lowest BCUT2D eigenvalue weighted by molar-refractivity contribution is -0.122. The smallest absolute Gasteiger partial charge is 0.234 e. The van der Waals surface area contributed by atoms with Gasteiger partial charge in [0.05, 0.1) is 24.8 Å². The third kappa shape index (κ3) is 5.39. The lowest BCUT2D eigenvalue weighted by Gasteiger charge is -2.17. The van der Waals surface area contributed by atoms with Gasteiger partial charge in [-0.25, -0.2) is 0 Å². The Morgan fingerprint density at radius 3 is 2.85 bits per heavy atom. The maximum atomic E-state index is 11.7. The second kappa shape index (κ2) is 8.31. The van der Waals surface area contributed by atoms with Crippen LogP contribution in [0.25, 0.3) is 0 Å². The molecule has 0 unspecified atom stereocenters. The van der Waals surface area contributed by atoms with Gasteiger partial charge in [0.2, 0.25) is 5.91 Å². The van der Waals surface area contributed by atoms with Gasteiger partial charge in [0.1, 0.15) is 0 Å². The second-order valence-corrected chi connectivity index (χ2v) is 4.77. The van der Waals surface area contributed by atoms with E-state index in [4.69, 9.17) is 10.00 Å². The van der Waals surface area contributed by atoms with Crippen LogP contribution in [0.4, 0.5) is 0 Å². The van der Waals surface area contributed by atoms with E-state index in [1.54, 1.807) is 13.2 Å². The first-order valence-electron chi connectivity index (χ1n) is 6.50. The molecule has 0 heterocycles. The fourth-order valence-corrected chi connectivity index (χ4v) is 1.88. The number of aryl methyl sites for hydroxylation is 1. The first kappa shape index (κ1) is 16.2. The van der Waals surface area contributed by atoms with Gasteiger partial charge in [-0.15, -0.1) is 0 Å². The zero-order valence-electron chi connectivity index (χ0n) is 12.3. The molecule has 1 N–H and O–H groups in total. The second-order valence-electron chi connectivity index (χ2n) is 4.77. The number of ether oxygens (including phenoxy) is 1. The lowest BCUT2D eigenvalue weighted by atomic mass is 10.1. The maximum Gasteiger partial charge on any atom is 0.234 e. The molecule has 5 nitrogen and oxygen atoms in total. The molecule has 108 valence electrons. The number of nitriles is 1. The van der Waals surface area contributed by atoms with Crippen molar-refractivity contribution in [1.82, 2.24) is 10.2 Å². The van der Waals surface area contributed by atoms with Gasteiger partial charge in [0.25, 0.3) is 0 Å². The number of likely N-dealkylation sites (N-methyl/N-ethyl adjacent to an activating group) is 1. The number of carbonyl (C=O) groups excluding carboxylic acids is 1. The predicted molar refractivity (Wildman–Crippen MR) is 77.1 cm³/mol. The van der Waals surface area contributed by atoms with Crippen LogP contribution in [0.5, 0.6) is 0 Å². The SMILES string of the molecule is COCCNC(=O)CN(C)Cc1ccc(C#N)cc1C. The number of hydrogen-bond donors (Lipinski definition) is 1. The molecule has 0 aromatic heterocycles. The average Bonchev–Trinajstić information content (AvgIpc) is 2.41. The summed E-state index contributed by atoms with van der Waals surface area (Å²) < 4.78 is 4.88. The summed E-state index contributed by atoms with van der Waals surface area (Å²) >= 11 is 0.